The topological polar surface area (TPSA) is 97.9 Å². The third kappa shape index (κ3) is 5.12. The Morgan fingerprint density at radius 2 is 2.00 bits per heavy atom. The highest BCUT2D eigenvalue weighted by molar-refractivity contribution is 6.07. The Morgan fingerprint density at radius 1 is 1.19 bits per heavy atom. The predicted octanol–water partition coefficient (Wildman–Crippen LogP) is 2.75. The van der Waals surface area contributed by atoms with Gasteiger partial charge in [0.25, 0.3) is 5.91 Å². The number of nitrogens with one attached hydrogen (secondary N) is 2. The van der Waals surface area contributed by atoms with Crippen molar-refractivity contribution in [3.63, 3.8) is 0 Å². The Morgan fingerprint density at radius 3 is 2.73 bits per heavy atom. The quantitative estimate of drug-likeness (QED) is 0.456. The highest BCUT2D eigenvalue weighted by Crippen LogP contribution is 2.14. The van der Waals surface area contributed by atoms with Crippen molar-refractivity contribution in [1.29, 1.82) is 10.5 Å². The Labute approximate surface area is 152 Å². The summed E-state index contributed by atoms with van der Waals surface area (Å²) in [6.07, 6.45) is 2.09. The van der Waals surface area contributed by atoms with Crippen molar-refractivity contribution in [2.45, 2.75) is 6.42 Å². The van der Waals surface area contributed by atoms with E-state index in [1.165, 1.54) is 6.20 Å². The fourth-order valence-corrected chi connectivity index (χ4v) is 2.25. The Balaban J connectivity index is 1.94. The summed E-state index contributed by atoms with van der Waals surface area (Å²) < 4.78 is 5.17. The summed E-state index contributed by atoms with van der Waals surface area (Å²) in [6, 6.07) is 18.2. The smallest absolute Gasteiger partial charge is 0.267 e. The van der Waals surface area contributed by atoms with Crippen LogP contribution in [0.15, 0.2) is 60.3 Å². The molecule has 0 aliphatic heterocycles. The van der Waals surface area contributed by atoms with Crippen LogP contribution in [0.5, 0.6) is 5.75 Å². The maximum Gasteiger partial charge on any atom is 0.267 e. The second-order valence-electron chi connectivity index (χ2n) is 5.34. The predicted molar refractivity (Wildman–Crippen MR) is 98.2 cm³/mol. The van der Waals surface area contributed by atoms with Crippen molar-refractivity contribution in [1.82, 2.24) is 5.32 Å². The fraction of sp³-hybridized carbons (Fsp3) is 0.150. The highest BCUT2D eigenvalue weighted by Gasteiger charge is 2.11. The molecule has 2 aromatic rings. The molecule has 6 heteroatoms. The molecule has 0 bridgehead atoms. The zero-order chi connectivity index (χ0) is 18.8. The monoisotopic (exact) mass is 346 g/mol. The third-order valence-electron chi connectivity index (χ3n) is 3.60. The van der Waals surface area contributed by atoms with Gasteiger partial charge in [0.2, 0.25) is 0 Å². The largest absolute Gasteiger partial charge is 0.497 e. The van der Waals surface area contributed by atoms with Crippen LogP contribution in [-0.4, -0.2) is 19.6 Å². The molecule has 0 fully saturated rings. The van der Waals surface area contributed by atoms with Crippen LogP contribution >= 0.6 is 0 Å². The number of rotatable bonds is 7. The molecular formula is C20H18N4O2. The fourth-order valence-electron chi connectivity index (χ4n) is 2.25. The number of ether oxygens (including phenoxy) is 1. The molecule has 1 amide bonds. The molecule has 2 N–H and O–H groups in total. The van der Waals surface area contributed by atoms with Crippen molar-refractivity contribution >= 4 is 11.6 Å². The summed E-state index contributed by atoms with van der Waals surface area (Å²) in [6.45, 7) is 0.556. The van der Waals surface area contributed by atoms with Crippen molar-refractivity contribution in [3.8, 4) is 17.9 Å². The number of anilines is 1. The van der Waals surface area contributed by atoms with Crippen molar-refractivity contribution in [3.05, 3.63) is 71.4 Å². The SMILES string of the molecule is COc1cccc(CCN/C=C(/C#N)C(=O)Nc2ccccc2C#N)c1. The molecule has 0 unspecified atom stereocenters. The lowest BCUT2D eigenvalue weighted by molar-refractivity contribution is -0.112. The molecule has 0 atom stereocenters. The van der Waals surface area contributed by atoms with Gasteiger partial charge in [-0.25, -0.2) is 0 Å². The van der Waals surface area contributed by atoms with Gasteiger partial charge in [0.05, 0.1) is 18.4 Å². The minimum atomic E-state index is -0.566. The third-order valence-corrected chi connectivity index (χ3v) is 3.60. The standard InChI is InChI=1S/C20H18N4O2/c1-26-18-7-4-5-15(11-18)9-10-23-14-17(13-22)20(25)24-19-8-3-2-6-16(19)12-21/h2-8,11,14,23H,9-10H2,1H3,(H,24,25)/b17-14-. The van der Waals surface area contributed by atoms with E-state index in [1.807, 2.05) is 36.4 Å². The maximum absolute atomic E-state index is 12.2. The average Bonchev–Trinajstić information content (AvgIpc) is 2.68. The van der Waals surface area contributed by atoms with E-state index in [0.717, 1.165) is 11.3 Å². The molecule has 2 aromatic carbocycles. The van der Waals surface area contributed by atoms with Crippen molar-refractivity contribution < 1.29 is 9.53 Å². The van der Waals surface area contributed by atoms with Gasteiger partial charge in [-0.2, -0.15) is 10.5 Å². The van der Waals surface area contributed by atoms with E-state index in [4.69, 9.17) is 10.00 Å². The lowest BCUT2D eigenvalue weighted by atomic mass is 10.1. The average molecular weight is 346 g/mol. The molecule has 6 nitrogen and oxygen atoms in total. The minimum absolute atomic E-state index is 0.0663. The van der Waals surface area contributed by atoms with E-state index in [2.05, 4.69) is 10.6 Å². The number of para-hydroxylation sites is 1. The summed E-state index contributed by atoms with van der Waals surface area (Å²) in [4.78, 5) is 12.2. The molecule has 0 saturated heterocycles. The van der Waals surface area contributed by atoms with Gasteiger partial charge in [0.1, 0.15) is 23.5 Å². The van der Waals surface area contributed by atoms with Gasteiger partial charge in [-0.15, -0.1) is 0 Å². The van der Waals surface area contributed by atoms with Crippen molar-refractivity contribution in [2.75, 3.05) is 19.0 Å². The summed E-state index contributed by atoms with van der Waals surface area (Å²) in [5, 5.41) is 23.8. The zero-order valence-electron chi connectivity index (χ0n) is 14.3. The van der Waals surface area contributed by atoms with Gasteiger partial charge in [0.15, 0.2) is 0 Å². The molecule has 0 radical (unpaired) electrons. The summed E-state index contributed by atoms with van der Waals surface area (Å²) in [7, 11) is 1.61. The molecule has 2 rings (SSSR count). The van der Waals surface area contributed by atoms with Crippen LogP contribution in [0.2, 0.25) is 0 Å². The molecule has 0 heterocycles. The van der Waals surface area contributed by atoms with Gasteiger partial charge in [-0.3, -0.25) is 4.79 Å². The molecule has 26 heavy (non-hydrogen) atoms. The van der Waals surface area contributed by atoms with E-state index < -0.39 is 5.91 Å². The van der Waals surface area contributed by atoms with E-state index in [0.29, 0.717) is 24.2 Å². The Bertz CT molecular complexity index is 891. The van der Waals surface area contributed by atoms with Crippen molar-refractivity contribution in [2.24, 2.45) is 0 Å². The van der Waals surface area contributed by atoms with Crippen LogP contribution in [0.3, 0.4) is 0 Å². The van der Waals surface area contributed by atoms with E-state index in [-0.39, 0.29) is 5.57 Å². The second kappa shape index (κ2) is 9.51. The van der Waals surface area contributed by atoms with E-state index >= 15 is 0 Å². The molecule has 0 aliphatic carbocycles. The first kappa shape index (κ1) is 18.6. The summed E-state index contributed by atoms with van der Waals surface area (Å²) in [5.74, 6) is 0.218. The van der Waals surface area contributed by atoms with Crippen LogP contribution in [0.25, 0.3) is 0 Å². The number of carbonyl (C=O) groups is 1. The Hall–Kier alpha value is -3.77. The van der Waals surface area contributed by atoms with E-state index in [9.17, 15) is 10.1 Å². The minimum Gasteiger partial charge on any atom is -0.497 e. The second-order valence-corrected chi connectivity index (χ2v) is 5.34. The van der Waals surface area contributed by atoms with Crippen LogP contribution in [0, 0.1) is 22.7 Å². The lowest BCUT2D eigenvalue weighted by Gasteiger charge is -2.07. The molecule has 0 aromatic heterocycles. The van der Waals surface area contributed by atoms with Gasteiger partial charge in [-0.1, -0.05) is 24.3 Å². The number of benzene rings is 2. The number of nitrogens with zero attached hydrogens (tertiary/aromatic N) is 2. The molecule has 130 valence electrons. The number of hydrogen-bond acceptors (Lipinski definition) is 5. The molecule has 0 saturated carbocycles. The first-order valence-electron chi connectivity index (χ1n) is 7.95. The first-order valence-corrected chi connectivity index (χ1v) is 7.95. The van der Waals surface area contributed by atoms with Crippen LogP contribution in [0.4, 0.5) is 5.69 Å². The number of amides is 1. The van der Waals surface area contributed by atoms with Crippen LogP contribution in [-0.2, 0) is 11.2 Å². The van der Waals surface area contributed by atoms with Gasteiger partial charge >= 0.3 is 0 Å². The first-order chi connectivity index (χ1) is 12.7. The summed E-state index contributed by atoms with van der Waals surface area (Å²) >= 11 is 0. The zero-order valence-corrected chi connectivity index (χ0v) is 14.3. The van der Waals surface area contributed by atoms with E-state index in [1.54, 1.807) is 31.4 Å². The normalized spacial score (nSPS) is 10.3. The number of hydrogen-bond donors (Lipinski definition) is 2. The lowest BCUT2D eigenvalue weighted by Crippen LogP contribution is -2.18. The molecular weight excluding hydrogens is 328 g/mol. The van der Waals surface area contributed by atoms with Gasteiger partial charge in [0, 0.05) is 12.7 Å². The van der Waals surface area contributed by atoms with Gasteiger partial charge in [-0.05, 0) is 36.2 Å². The maximum atomic E-state index is 12.2. The van der Waals surface area contributed by atoms with Gasteiger partial charge < -0.3 is 15.4 Å². The number of methoxy groups -OCH3 is 1. The number of nitriles is 2. The van der Waals surface area contributed by atoms with Crippen LogP contribution < -0.4 is 15.4 Å². The Kier molecular flexibility index (Phi) is 6.79. The van der Waals surface area contributed by atoms with Crippen LogP contribution in [0.1, 0.15) is 11.1 Å². The molecule has 0 aliphatic rings. The highest BCUT2D eigenvalue weighted by atomic mass is 16.5. The number of carbonyl (C=O) groups excluding carboxylic acids is 1. The summed E-state index contributed by atoms with van der Waals surface area (Å²) in [5.41, 5.74) is 1.72. The molecule has 0 spiro atoms.